The van der Waals surface area contributed by atoms with E-state index in [1.54, 1.807) is 18.2 Å². The molecule has 24 heavy (non-hydrogen) atoms. The number of likely N-dealkylation sites (tertiary alicyclic amines) is 1. The van der Waals surface area contributed by atoms with Crippen molar-refractivity contribution < 1.29 is 13.2 Å². The van der Waals surface area contributed by atoms with Crippen LogP contribution in [0, 0.1) is 12.8 Å². The fourth-order valence-corrected chi connectivity index (χ4v) is 5.16. The molecule has 2 saturated heterocycles. The van der Waals surface area contributed by atoms with Crippen LogP contribution < -0.4 is 0 Å². The van der Waals surface area contributed by atoms with Gasteiger partial charge in [0.1, 0.15) is 0 Å². The van der Waals surface area contributed by atoms with Crippen molar-refractivity contribution in [3.05, 3.63) is 29.3 Å². The zero-order valence-corrected chi connectivity index (χ0v) is 15.3. The minimum Gasteiger partial charge on any atom is -0.338 e. The maximum Gasteiger partial charge on any atom is 0.254 e. The molecule has 2 fully saturated rings. The van der Waals surface area contributed by atoms with Crippen LogP contribution in [0.25, 0.3) is 0 Å². The van der Waals surface area contributed by atoms with Crippen molar-refractivity contribution in [1.29, 1.82) is 0 Å². The molecule has 0 saturated carbocycles. The van der Waals surface area contributed by atoms with Crippen molar-refractivity contribution in [2.45, 2.75) is 44.4 Å². The van der Waals surface area contributed by atoms with Gasteiger partial charge in [-0.2, -0.15) is 4.31 Å². The summed E-state index contributed by atoms with van der Waals surface area (Å²) in [6.07, 6.45) is 3.97. The first-order valence-electron chi connectivity index (χ1n) is 8.79. The number of piperidine rings is 1. The molecule has 0 spiro atoms. The minimum absolute atomic E-state index is 0.0440. The molecule has 0 N–H and O–H groups in total. The van der Waals surface area contributed by atoms with E-state index >= 15 is 0 Å². The van der Waals surface area contributed by atoms with Crippen molar-refractivity contribution in [3.63, 3.8) is 0 Å². The lowest BCUT2D eigenvalue weighted by Crippen LogP contribution is -2.39. The molecule has 1 unspecified atom stereocenters. The van der Waals surface area contributed by atoms with Gasteiger partial charge in [0.2, 0.25) is 10.0 Å². The van der Waals surface area contributed by atoms with E-state index < -0.39 is 10.0 Å². The maximum absolute atomic E-state index is 12.9. The summed E-state index contributed by atoms with van der Waals surface area (Å²) in [4.78, 5) is 15.0. The number of hydrogen-bond acceptors (Lipinski definition) is 3. The molecule has 1 aromatic rings. The topological polar surface area (TPSA) is 57.7 Å². The predicted molar refractivity (Wildman–Crippen MR) is 93.5 cm³/mol. The first kappa shape index (κ1) is 17.4. The van der Waals surface area contributed by atoms with Crippen LogP contribution in [0.3, 0.4) is 0 Å². The van der Waals surface area contributed by atoms with Crippen LogP contribution in [0.5, 0.6) is 0 Å². The largest absolute Gasteiger partial charge is 0.338 e. The van der Waals surface area contributed by atoms with E-state index in [-0.39, 0.29) is 10.8 Å². The van der Waals surface area contributed by atoms with E-state index in [1.807, 2.05) is 11.8 Å². The molecule has 2 aliphatic heterocycles. The van der Waals surface area contributed by atoms with E-state index in [9.17, 15) is 13.2 Å². The van der Waals surface area contributed by atoms with Crippen LogP contribution in [0.4, 0.5) is 0 Å². The molecule has 5 nitrogen and oxygen atoms in total. The number of nitrogens with zero attached hydrogens (tertiary/aromatic N) is 2. The van der Waals surface area contributed by atoms with Gasteiger partial charge in [0.15, 0.2) is 0 Å². The highest BCUT2D eigenvalue weighted by Gasteiger charge is 2.29. The van der Waals surface area contributed by atoms with Crippen molar-refractivity contribution in [3.8, 4) is 0 Å². The van der Waals surface area contributed by atoms with Crippen molar-refractivity contribution in [2.24, 2.45) is 5.92 Å². The number of amides is 1. The Bertz CT molecular complexity index is 724. The molecular weight excluding hydrogens is 324 g/mol. The highest BCUT2D eigenvalue weighted by atomic mass is 32.2. The second-order valence-electron chi connectivity index (χ2n) is 7.09. The third kappa shape index (κ3) is 3.35. The number of aryl methyl sites for hydroxylation is 1. The Morgan fingerprint density at radius 2 is 1.83 bits per heavy atom. The number of rotatable bonds is 3. The first-order chi connectivity index (χ1) is 11.4. The minimum atomic E-state index is -3.49. The Labute approximate surface area is 144 Å². The van der Waals surface area contributed by atoms with E-state index in [0.717, 1.165) is 44.3 Å². The lowest BCUT2D eigenvalue weighted by Gasteiger charge is -2.31. The number of sulfonamides is 1. The molecule has 0 radical (unpaired) electrons. The molecule has 1 amide bonds. The van der Waals surface area contributed by atoms with Crippen LogP contribution in [0.15, 0.2) is 23.1 Å². The predicted octanol–water partition coefficient (Wildman–Crippen LogP) is 2.65. The quantitative estimate of drug-likeness (QED) is 0.842. The Morgan fingerprint density at radius 3 is 2.50 bits per heavy atom. The first-order valence-corrected chi connectivity index (χ1v) is 10.2. The monoisotopic (exact) mass is 350 g/mol. The number of hydrogen-bond donors (Lipinski definition) is 0. The van der Waals surface area contributed by atoms with Gasteiger partial charge in [-0.3, -0.25) is 4.79 Å². The molecule has 1 aromatic carbocycles. The van der Waals surface area contributed by atoms with Crippen LogP contribution in [0.2, 0.25) is 0 Å². The van der Waals surface area contributed by atoms with Gasteiger partial charge in [0.25, 0.3) is 5.91 Å². The summed E-state index contributed by atoms with van der Waals surface area (Å²) >= 11 is 0. The van der Waals surface area contributed by atoms with Crippen molar-refractivity contribution in [2.75, 3.05) is 26.2 Å². The number of carbonyl (C=O) groups excluding carboxylic acids is 1. The van der Waals surface area contributed by atoms with Gasteiger partial charge >= 0.3 is 0 Å². The molecule has 6 heteroatoms. The fraction of sp³-hybridized carbons (Fsp3) is 0.611. The second-order valence-corrected chi connectivity index (χ2v) is 9.02. The molecule has 0 aromatic heterocycles. The molecule has 3 rings (SSSR count). The van der Waals surface area contributed by atoms with Gasteiger partial charge in [-0.1, -0.05) is 13.0 Å². The molecule has 132 valence electrons. The van der Waals surface area contributed by atoms with Gasteiger partial charge in [-0.05, 0) is 56.2 Å². The Kier molecular flexibility index (Phi) is 4.97. The summed E-state index contributed by atoms with van der Waals surface area (Å²) in [5, 5.41) is 0. The Balaban J connectivity index is 1.90. The van der Waals surface area contributed by atoms with Gasteiger partial charge in [-0.15, -0.1) is 0 Å². The smallest absolute Gasteiger partial charge is 0.254 e. The van der Waals surface area contributed by atoms with Gasteiger partial charge in [-0.25, -0.2) is 8.42 Å². The summed E-state index contributed by atoms with van der Waals surface area (Å²) in [7, 11) is -3.49. The van der Waals surface area contributed by atoms with Crippen molar-refractivity contribution in [1.82, 2.24) is 9.21 Å². The van der Waals surface area contributed by atoms with Gasteiger partial charge in [0, 0.05) is 31.7 Å². The van der Waals surface area contributed by atoms with Crippen molar-refractivity contribution >= 4 is 15.9 Å². The SMILES string of the molecule is Cc1ccc(S(=O)(=O)N2CCCC2)cc1C(=O)N1CCCC(C)C1. The summed E-state index contributed by atoms with van der Waals surface area (Å²) in [5.74, 6) is 0.456. The van der Waals surface area contributed by atoms with Crippen LogP contribution in [0.1, 0.15) is 48.5 Å². The molecule has 2 aliphatic rings. The van der Waals surface area contributed by atoms with E-state index in [2.05, 4.69) is 6.92 Å². The molecule has 1 atom stereocenters. The van der Waals surface area contributed by atoms with Gasteiger partial charge in [0.05, 0.1) is 4.90 Å². The standard InChI is InChI=1S/C18H26N2O3S/c1-14-6-5-9-19(13-14)18(21)17-12-16(8-7-15(17)2)24(22,23)20-10-3-4-11-20/h7-8,12,14H,3-6,9-11,13H2,1-2H3. The Morgan fingerprint density at radius 1 is 1.12 bits per heavy atom. The average Bonchev–Trinajstić information content (AvgIpc) is 3.10. The summed E-state index contributed by atoms with van der Waals surface area (Å²) < 4.78 is 27.0. The van der Waals surface area contributed by atoms with E-state index in [4.69, 9.17) is 0 Å². The lowest BCUT2D eigenvalue weighted by atomic mass is 9.99. The highest BCUT2D eigenvalue weighted by molar-refractivity contribution is 7.89. The summed E-state index contributed by atoms with van der Waals surface area (Å²) in [6.45, 7) is 6.67. The van der Waals surface area contributed by atoms with E-state index in [1.165, 1.54) is 4.31 Å². The van der Waals surface area contributed by atoms with Crippen LogP contribution >= 0.6 is 0 Å². The molecule has 2 heterocycles. The summed E-state index contributed by atoms with van der Waals surface area (Å²) in [5.41, 5.74) is 1.35. The second kappa shape index (κ2) is 6.84. The average molecular weight is 350 g/mol. The highest BCUT2D eigenvalue weighted by Crippen LogP contribution is 2.25. The number of benzene rings is 1. The lowest BCUT2D eigenvalue weighted by molar-refractivity contribution is 0.0682. The van der Waals surface area contributed by atoms with Crippen LogP contribution in [-0.2, 0) is 10.0 Å². The zero-order chi connectivity index (χ0) is 17.3. The third-order valence-corrected chi connectivity index (χ3v) is 6.98. The normalized spacial score (nSPS) is 22.8. The maximum atomic E-state index is 12.9. The third-order valence-electron chi connectivity index (χ3n) is 5.09. The zero-order valence-electron chi connectivity index (χ0n) is 14.5. The van der Waals surface area contributed by atoms with Crippen LogP contribution in [-0.4, -0.2) is 49.7 Å². The number of carbonyl (C=O) groups is 1. The molecule has 0 aliphatic carbocycles. The fourth-order valence-electron chi connectivity index (χ4n) is 3.61. The molecule has 0 bridgehead atoms. The Hall–Kier alpha value is -1.40. The summed E-state index contributed by atoms with van der Waals surface area (Å²) in [6, 6.07) is 4.95. The van der Waals surface area contributed by atoms with Gasteiger partial charge < -0.3 is 4.90 Å². The molecular formula is C18H26N2O3S. The van der Waals surface area contributed by atoms with E-state index in [0.29, 0.717) is 24.6 Å².